The highest BCUT2D eigenvalue weighted by Gasteiger charge is 2.31. The van der Waals surface area contributed by atoms with Crippen LogP contribution in [0.25, 0.3) is 0 Å². The number of nitrogen functional groups attached to an aromatic ring is 1. The molecule has 2 heterocycles. The lowest BCUT2D eigenvalue weighted by Gasteiger charge is -2.30. The molecule has 0 bridgehead atoms. The van der Waals surface area contributed by atoms with Crippen molar-refractivity contribution in [1.82, 2.24) is 15.1 Å². The molecule has 0 radical (unpaired) electrons. The Labute approximate surface area is 147 Å². The Morgan fingerprint density at radius 3 is 2.88 bits per heavy atom. The third-order valence-corrected chi connectivity index (χ3v) is 4.48. The average Bonchev–Trinajstić information content (AvgIpc) is 2.83. The predicted octanol–water partition coefficient (Wildman–Crippen LogP) is 2.29. The number of rotatable bonds is 4. The number of benzene rings is 1. The molecule has 3 N–H and O–H groups in total. The van der Waals surface area contributed by atoms with E-state index in [4.69, 9.17) is 10.5 Å². The number of carbonyl (C=O) groups excluding carboxylic acids is 1. The summed E-state index contributed by atoms with van der Waals surface area (Å²) in [6.45, 7) is 2.06. The molecule has 0 aliphatic carbocycles. The predicted molar refractivity (Wildman–Crippen MR) is 97.2 cm³/mol. The summed E-state index contributed by atoms with van der Waals surface area (Å²) in [6.07, 6.45) is 3.95. The van der Waals surface area contributed by atoms with Crippen molar-refractivity contribution in [2.24, 2.45) is 7.05 Å². The van der Waals surface area contributed by atoms with E-state index in [1.165, 1.54) is 0 Å². The van der Waals surface area contributed by atoms with Crippen LogP contribution >= 0.6 is 0 Å². The first-order valence-electron chi connectivity index (χ1n) is 8.65. The van der Waals surface area contributed by atoms with Crippen LogP contribution in [-0.2, 0) is 18.4 Å². The van der Waals surface area contributed by atoms with Gasteiger partial charge in [0.2, 0.25) is 0 Å². The number of carbonyl (C=O) groups is 1. The normalized spacial score (nSPS) is 17.7. The second kappa shape index (κ2) is 8.02. The number of hydrogen-bond donors (Lipinski definition) is 2. The third-order valence-electron chi connectivity index (χ3n) is 4.48. The maximum atomic E-state index is 12.9. The molecule has 3 rings (SSSR count). The molecular weight excluding hydrogens is 318 g/mol. The molecule has 1 amide bonds. The van der Waals surface area contributed by atoms with Gasteiger partial charge < -0.3 is 15.8 Å². The van der Waals surface area contributed by atoms with Crippen molar-refractivity contribution in [1.29, 1.82) is 0 Å². The van der Waals surface area contributed by atoms with Gasteiger partial charge in [0.15, 0.2) is 5.82 Å². The van der Waals surface area contributed by atoms with E-state index in [1.807, 2.05) is 30.3 Å². The zero-order valence-electron chi connectivity index (χ0n) is 14.5. The molecule has 7 nitrogen and oxygen atoms in total. The lowest BCUT2D eigenvalue weighted by atomic mass is 10.1. The molecule has 134 valence electrons. The fourth-order valence-corrected chi connectivity index (χ4v) is 3.20. The first kappa shape index (κ1) is 17.3. The molecule has 7 heteroatoms. The maximum Gasteiger partial charge on any atom is 0.416 e. The van der Waals surface area contributed by atoms with Gasteiger partial charge in [-0.2, -0.15) is 5.10 Å². The van der Waals surface area contributed by atoms with Crippen molar-refractivity contribution in [3.05, 3.63) is 42.1 Å². The van der Waals surface area contributed by atoms with E-state index >= 15 is 0 Å². The number of amides is 1. The smallest absolute Gasteiger partial charge is 0.416 e. The van der Waals surface area contributed by atoms with Gasteiger partial charge in [0, 0.05) is 13.1 Å². The fraction of sp³-hybridized carbons (Fsp3) is 0.444. The minimum absolute atomic E-state index is 0.0379. The molecule has 1 fully saturated rings. The molecule has 2 aromatic rings. The molecule has 1 aliphatic rings. The summed E-state index contributed by atoms with van der Waals surface area (Å²) in [5, 5.41) is 7.55. The van der Waals surface area contributed by atoms with Gasteiger partial charge in [-0.15, -0.1) is 0 Å². The number of aryl methyl sites for hydroxylation is 1. The van der Waals surface area contributed by atoms with Crippen LogP contribution in [-0.4, -0.2) is 35.0 Å². The first-order valence-corrected chi connectivity index (χ1v) is 8.65. The van der Waals surface area contributed by atoms with Crippen molar-refractivity contribution < 1.29 is 9.53 Å². The number of nitrogens with zero attached hydrogens (tertiary/aromatic N) is 3. The van der Waals surface area contributed by atoms with Gasteiger partial charge in [-0.05, 0) is 37.9 Å². The van der Waals surface area contributed by atoms with Crippen LogP contribution in [0.5, 0.6) is 0 Å². The standard InChI is InChI=1S/C18H25N5O2/c1-22-17(16(19)12-21-22)23(15-8-5-10-20-11-9-15)18(24)25-13-14-6-3-2-4-7-14/h2-4,6-7,12,15,20H,5,8-11,13,19H2,1H3. The lowest BCUT2D eigenvalue weighted by Crippen LogP contribution is -2.42. The highest BCUT2D eigenvalue weighted by molar-refractivity contribution is 5.90. The summed E-state index contributed by atoms with van der Waals surface area (Å²) in [7, 11) is 1.79. The monoisotopic (exact) mass is 343 g/mol. The fourth-order valence-electron chi connectivity index (χ4n) is 3.20. The van der Waals surface area contributed by atoms with E-state index in [0.717, 1.165) is 37.9 Å². The van der Waals surface area contributed by atoms with Gasteiger partial charge in [-0.3, -0.25) is 9.58 Å². The van der Waals surface area contributed by atoms with E-state index in [9.17, 15) is 4.79 Å². The minimum Gasteiger partial charge on any atom is -0.444 e. The summed E-state index contributed by atoms with van der Waals surface area (Å²) in [4.78, 5) is 14.6. The molecule has 1 unspecified atom stereocenters. The summed E-state index contributed by atoms with van der Waals surface area (Å²) in [6, 6.07) is 9.70. The van der Waals surface area contributed by atoms with Crippen molar-refractivity contribution in [3.8, 4) is 0 Å². The molecular formula is C18H25N5O2. The number of anilines is 2. The van der Waals surface area contributed by atoms with Crippen molar-refractivity contribution in [2.75, 3.05) is 23.7 Å². The number of aromatic nitrogens is 2. The Morgan fingerprint density at radius 1 is 1.36 bits per heavy atom. The highest BCUT2D eigenvalue weighted by Crippen LogP contribution is 2.28. The largest absolute Gasteiger partial charge is 0.444 e. The first-order chi connectivity index (χ1) is 12.2. The van der Waals surface area contributed by atoms with E-state index in [1.54, 1.807) is 22.8 Å². The van der Waals surface area contributed by atoms with Crippen molar-refractivity contribution >= 4 is 17.6 Å². The van der Waals surface area contributed by atoms with Gasteiger partial charge in [-0.1, -0.05) is 30.3 Å². The number of nitrogens with two attached hydrogens (primary N) is 1. The molecule has 25 heavy (non-hydrogen) atoms. The van der Waals surface area contributed by atoms with Gasteiger partial charge in [0.1, 0.15) is 6.61 Å². The zero-order chi connectivity index (χ0) is 17.6. The van der Waals surface area contributed by atoms with Crippen LogP contribution in [0.15, 0.2) is 36.5 Å². The van der Waals surface area contributed by atoms with Crippen molar-refractivity contribution in [2.45, 2.75) is 31.9 Å². The van der Waals surface area contributed by atoms with E-state index < -0.39 is 0 Å². The SMILES string of the molecule is Cn1ncc(N)c1N(C(=O)OCc1ccccc1)C1CCCNCC1. The Morgan fingerprint density at radius 2 is 2.16 bits per heavy atom. The second-order valence-corrected chi connectivity index (χ2v) is 6.29. The number of ether oxygens (including phenoxy) is 1. The second-order valence-electron chi connectivity index (χ2n) is 6.29. The Kier molecular flexibility index (Phi) is 5.55. The summed E-state index contributed by atoms with van der Waals surface area (Å²) < 4.78 is 7.22. The van der Waals surface area contributed by atoms with Gasteiger partial charge in [-0.25, -0.2) is 4.79 Å². The topological polar surface area (TPSA) is 85.4 Å². The molecule has 1 saturated heterocycles. The van der Waals surface area contributed by atoms with Crippen LogP contribution < -0.4 is 16.0 Å². The summed E-state index contributed by atoms with van der Waals surface area (Å²) in [5.74, 6) is 0.602. The van der Waals surface area contributed by atoms with Crippen LogP contribution in [0, 0.1) is 0 Å². The lowest BCUT2D eigenvalue weighted by molar-refractivity contribution is 0.143. The third kappa shape index (κ3) is 4.11. The highest BCUT2D eigenvalue weighted by atomic mass is 16.6. The Balaban J connectivity index is 1.81. The molecule has 0 spiro atoms. The quantitative estimate of drug-likeness (QED) is 0.890. The van der Waals surface area contributed by atoms with Crippen LogP contribution in [0.4, 0.5) is 16.3 Å². The number of nitrogens with one attached hydrogen (secondary N) is 1. The average molecular weight is 343 g/mol. The van der Waals surface area contributed by atoms with Gasteiger partial charge in [0.25, 0.3) is 0 Å². The maximum absolute atomic E-state index is 12.9. The molecule has 1 atom stereocenters. The van der Waals surface area contributed by atoms with Gasteiger partial charge in [0.05, 0.1) is 11.9 Å². The van der Waals surface area contributed by atoms with Gasteiger partial charge >= 0.3 is 6.09 Å². The van der Waals surface area contributed by atoms with Crippen LogP contribution in [0.1, 0.15) is 24.8 Å². The molecule has 1 aromatic heterocycles. The minimum atomic E-state index is -0.383. The molecule has 0 saturated carbocycles. The molecule has 1 aliphatic heterocycles. The number of hydrogen-bond acceptors (Lipinski definition) is 5. The van der Waals surface area contributed by atoms with E-state index in [0.29, 0.717) is 11.5 Å². The summed E-state index contributed by atoms with van der Waals surface area (Å²) >= 11 is 0. The van der Waals surface area contributed by atoms with Crippen LogP contribution in [0.3, 0.4) is 0 Å². The summed E-state index contributed by atoms with van der Waals surface area (Å²) in [5.41, 5.74) is 7.52. The molecule has 1 aromatic carbocycles. The van der Waals surface area contributed by atoms with E-state index in [-0.39, 0.29) is 18.7 Å². The Hall–Kier alpha value is -2.54. The van der Waals surface area contributed by atoms with Crippen molar-refractivity contribution in [3.63, 3.8) is 0 Å². The zero-order valence-corrected chi connectivity index (χ0v) is 14.5. The Bertz CT molecular complexity index is 673. The van der Waals surface area contributed by atoms with Crippen LogP contribution in [0.2, 0.25) is 0 Å². The van der Waals surface area contributed by atoms with E-state index in [2.05, 4.69) is 10.4 Å².